The van der Waals surface area contributed by atoms with E-state index >= 15 is 0 Å². The fourth-order valence-electron chi connectivity index (χ4n) is 2.94. The number of benzene rings is 1. The number of hydrogen-bond acceptors (Lipinski definition) is 6. The number of thiazole rings is 1. The molecule has 5 nitrogen and oxygen atoms in total. The second kappa shape index (κ2) is 7.66. The van der Waals surface area contributed by atoms with E-state index < -0.39 is 5.82 Å². The molecule has 1 aromatic carbocycles. The van der Waals surface area contributed by atoms with E-state index in [0.29, 0.717) is 23.4 Å². The van der Waals surface area contributed by atoms with Crippen LogP contribution < -0.4 is 10.1 Å². The van der Waals surface area contributed by atoms with E-state index in [4.69, 9.17) is 4.74 Å². The van der Waals surface area contributed by atoms with Crippen molar-refractivity contribution in [1.29, 1.82) is 0 Å². The van der Waals surface area contributed by atoms with Crippen LogP contribution in [0.15, 0.2) is 46.2 Å². The molecule has 1 aliphatic heterocycles. The van der Waals surface area contributed by atoms with Crippen LogP contribution in [-0.2, 0) is 6.42 Å². The Kier molecular flexibility index (Phi) is 5.09. The van der Waals surface area contributed by atoms with Crippen LogP contribution in [0.2, 0.25) is 0 Å². The van der Waals surface area contributed by atoms with Gasteiger partial charge in [0.05, 0.1) is 12.2 Å². The summed E-state index contributed by atoms with van der Waals surface area (Å²) in [5, 5.41) is 4.54. The topological polar surface area (TPSA) is 64.1 Å². The first kappa shape index (κ1) is 17.9. The van der Waals surface area contributed by atoms with Crippen molar-refractivity contribution in [3.8, 4) is 17.0 Å². The number of rotatable bonds is 5. The van der Waals surface area contributed by atoms with Gasteiger partial charge < -0.3 is 10.1 Å². The molecule has 1 amide bonds. The average Bonchev–Trinajstić information content (AvgIpc) is 3.34. The van der Waals surface area contributed by atoms with Gasteiger partial charge in [-0.25, -0.2) is 9.37 Å². The Labute approximate surface area is 164 Å². The van der Waals surface area contributed by atoms with Gasteiger partial charge in [-0.2, -0.15) is 0 Å². The van der Waals surface area contributed by atoms with E-state index in [1.165, 1.54) is 29.2 Å². The number of carbonyl (C=O) groups is 1. The first-order chi connectivity index (χ1) is 13.1. The van der Waals surface area contributed by atoms with Crippen LogP contribution in [0, 0.1) is 5.82 Å². The Bertz CT molecular complexity index is 978. The Morgan fingerprint density at radius 1 is 1.44 bits per heavy atom. The molecule has 0 aliphatic carbocycles. The molecule has 8 heteroatoms. The molecule has 1 aliphatic rings. The first-order valence-corrected chi connectivity index (χ1v) is 10.4. The average molecular weight is 401 g/mol. The summed E-state index contributed by atoms with van der Waals surface area (Å²) >= 11 is 2.93. The lowest BCUT2D eigenvalue weighted by atomic mass is 10.0. The Morgan fingerprint density at radius 2 is 2.33 bits per heavy atom. The zero-order valence-corrected chi connectivity index (χ0v) is 16.1. The van der Waals surface area contributed by atoms with Crippen molar-refractivity contribution < 1.29 is 13.9 Å². The molecule has 27 heavy (non-hydrogen) atoms. The van der Waals surface area contributed by atoms with Crippen molar-refractivity contribution in [3.05, 3.63) is 59.0 Å². The Hall–Kier alpha value is -2.45. The molecular weight excluding hydrogens is 385 g/mol. The molecule has 1 N–H and O–H groups in total. The van der Waals surface area contributed by atoms with Crippen molar-refractivity contribution in [2.75, 3.05) is 12.8 Å². The summed E-state index contributed by atoms with van der Waals surface area (Å²) in [7, 11) is 0. The quantitative estimate of drug-likeness (QED) is 0.659. The molecular formula is C19H16FN3O2S2. The molecule has 0 fully saturated rings. The van der Waals surface area contributed by atoms with Gasteiger partial charge in [-0.1, -0.05) is 17.8 Å². The normalized spacial score (nSPS) is 15.3. The molecule has 0 radical (unpaired) electrons. The number of nitrogens with zero attached hydrogens (tertiary/aromatic N) is 2. The summed E-state index contributed by atoms with van der Waals surface area (Å²) in [5.74, 6) is -0.404. The van der Waals surface area contributed by atoms with Crippen LogP contribution >= 0.6 is 23.1 Å². The fraction of sp³-hybridized carbons (Fsp3) is 0.211. The highest BCUT2D eigenvalue weighted by Crippen LogP contribution is 2.35. The van der Waals surface area contributed by atoms with Crippen molar-refractivity contribution in [1.82, 2.24) is 15.3 Å². The van der Waals surface area contributed by atoms with Crippen molar-refractivity contribution >= 4 is 29.0 Å². The number of nitrogens with one attached hydrogen (secondary N) is 1. The first-order valence-electron chi connectivity index (χ1n) is 8.32. The maximum atomic E-state index is 14.5. The highest BCUT2D eigenvalue weighted by Gasteiger charge is 2.27. The minimum absolute atomic E-state index is 0.249. The number of aromatic nitrogens is 2. The fourth-order valence-corrected chi connectivity index (χ4v) is 4.18. The lowest BCUT2D eigenvalue weighted by Gasteiger charge is -2.11. The Balaban J connectivity index is 1.43. The zero-order valence-electron chi connectivity index (χ0n) is 14.4. The van der Waals surface area contributed by atoms with Crippen LogP contribution in [0.25, 0.3) is 11.3 Å². The van der Waals surface area contributed by atoms with Gasteiger partial charge in [0, 0.05) is 29.1 Å². The summed E-state index contributed by atoms with van der Waals surface area (Å²) in [6.45, 7) is 0.290. The molecule has 3 aromatic rings. The lowest BCUT2D eigenvalue weighted by molar-refractivity contribution is 0.0928. The predicted molar refractivity (Wildman–Crippen MR) is 104 cm³/mol. The van der Waals surface area contributed by atoms with Crippen molar-refractivity contribution in [2.45, 2.75) is 16.9 Å². The van der Waals surface area contributed by atoms with Gasteiger partial charge in [0.25, 0.3) is 5.91 Å². The van der Waals surface area contributed by atoms with Crippen LogP contribution in [-0.4, -0.2) is 34.8 Å². The minimum Gasteiger partial charge on any atom is -0.485 e. The molecule has 1 unspecified atom stereocenters. The molecule has 0 saturated carbocycles. The second-order valence-electron chi connectivity index (χ2n) is 6.02. The third kappa shape index (κ3) is 3.81. The number of halogens is 1. The molecule has 138 valence electrons. The standard InChI is InChI=1S/C19H16FN3O2S2/c1-26-19-23-16(10-27-19)18(24)22-9-13-7-12-6-11(8-14(20)17(12)25-13)15-4-2-3-5-21-15/h2-6,8,10,13H,7,9H2,1H3,(H,22,24). The van der Waals surface area contributed by atoms with Gasteiger partial charge in [-0.05, 0) is 30.5 Å². The van der Waals surface area contributed by atoms with E-state index in [1.807, 2.05) is 30.5 Å². The number of amides is 1. The lowest BCUT2D eigenvalue weighted by Crippen LogP contribution is -2.34. The van der Waals surface area contributed by atoms with Gasteiger partial charge in [0.2, 0.25) is 0 Å². The largest absolute Gasteiger partial charge is 0.485 e. The third-order valence-corrected chi connectivity index (χ3v) is 6.06. The van der Waals surface area contributed by atoms with E-state index in [-0.39, 0.29) is 24.3 Å². The smallest absolute Gasteiger partial charge is 0.270 e. The van der Waals surface area contributed by atoms with Gasteiger partial charge in [-0.15, -0.1) is 11.3 Å². The molecule has 2 aromatic heterocycles. The summed E-state index contributed by atoms with van der Waals surface area (Å²) in [6.07, 6.45) is 3.81. The van der Waals surface area contributed by atoms with Crippen LogP contribution in [0.5, 0.6) is 5.75 Å². The highest BCUT2D eigenvalue weighted by atomic mass is 32.2. The molecule has 1 atom stereocenters. The van der Waals surface area contributed by atoms with Crippen LogP contribution in [0.3, 0.4) is 0 Å². The van der Waals surface area contributed by atoms with Crippen LogP contribution in [0.1, 0.15) is 16.1 Å². The third-order valence-electron chi connectivity index (χ3n) is 4.19. The molecule has 0 bridgehead atoms. The highest BCUT2D eigenvalue weighted by molar-refractivity contribution is 8.00. The summed E-state index contributed by atoms with van der Waals surface area (Å²) < 4.78 is 21.0. The van der Waals surface area contributed by atoms with Gasteiger partial charge in [0.15, 0.2) is 11.6 Å². The summed E-state index contributed by atoms with van der Waals surface area (Å²) in [6, 6.07) is 8.85. The summed E-state index contributed by atoms with van der Waals surface area (Å²) in [5.41, 5.74) is 2.60. The number of pyridine rings is 1. The molecule has 0 spiro atoms. The predicted octanol–water partition coefficient (Wildman–Crippen LogP) is 3.80. The van der Waals surface area contributed by atoms with E-state index in [0.717, 1.165) is 9.90 Å². The molecule has 3 heterocycles. The van der Waals surface area contributed by atoms with Crippen molar-refractivity contribution in [2.24, 2.45) is 0 Å². The SMILES string of the molecule is CSc1nc(C(=O)NCC2Cc3cc(-c4ccccn4)cc(F)c3O2)cs1. The maximum absolute atomic E-state index is 14.5. The molecule has 0 saturated heterocycles. The van der Waals surface area contributed by atoms with Gasteiger partial charge in [-0.3, -0.25) is 9.78 Å². The van der Waals surface area contributed by atoms with Gasteiger partial charge in [0.1, 0.15) is 16.1 Å². The number of ether oxygens (including phenoxy) is 1. The minimum atomic E-state index is -0.411. The number of hydrogen-bond donors (Lipinski definition) is 1. The van der Waals surface area contributed by atoms with Crippen molar-refractivity contribution in [3.63, 3.8) is 0 Å². The molecule has 4 rings (SSSR count). The zero-order chi connectivity index (χ0) is 18.8. The Morgan fingerprint density at radius 3 is 3.07 bits per heavy atom. The summed E-state index contributed by atoms with van der Waals surface area (Å²) in [4.78, 5) is 20.7. The van der Waals surface area contributed by atoms with Crippen LogP contribution in [0.4, 0.5) is 4.39 Å². The van der Waals surface area contributed by atoms with E-state index in [1.54, 1.807) is 11.6 Å². The van der Waals surface area contributed by atoms with E-state index in [9.17, 15) is 9.18 Å². The van der Waals surface area contributed by atoms with E-state index in [2.05, 4.69) is 15.3 Å². The number of fused-ring (bicyclic) bond motifs is 1. The maximum Gasteiger partial charge on any atom is 0.270 e. The number of thioether (sulfide) groups is 1. The second-order valence-corrected chi connectivity index (χ2v) is 7.93. The monoisotopic (exact) mass is 401 g/mol. The van der Waals surface area contributed by atoms with Gasteiger partial charge >= 0.3 is 0 Å². The number of carbonyl (C=O) groups excluding carboxylic acids is 1.